The number of amides is 1. The van der Waals surface area contributed by atoms with Crippen molar-refractivity contribution in [1.82, 2.24) is 4.90 Å². The molecule has 7 nitrogen and oxygen atoms in total. The molecule has 1 saturated heterocycles. The highest BCUT2D eigenvalue weighted by molar-refractivity contribution is 9.10. The van der Waals surface area contributed by atoms with Gasteiger partial charge >= 0.3 is 6.09 Å². The molecule has 1 aliphatic heterocycles. The van der Waals surface area contributed by atoms with Crippen LogP contribution in [0.1, 0.15) is 5.56 Å². The van der Waals surface area contributed by atoms with Crippen LogP contribution in [0, 0.1) is 17.1 Å². The van der Waals surface area contributed by atoms with E-state index < -0.39 is 18.0 Å². The van der Waals surface area contributed by atoms with E-state index in [2.05, 4.69) is 15.9 Å². The summed E-state index contributed by atoms with van der Waals surface area (Å²) in [6.45, 7) is 0.112. The third-order valence-corrected chi connectivity index (χ3v) is 4.20. The number of nitrogens with zero attached hydrogens (tertiary/aromatic N) is 3. The lowest BCUT2D eigenvalue weighted by Crippen LogP contribution is -2.56. The summed E-state index contributed by atoms with van der Waals surface area (Å²) in [5.74, 6) is -0.755. The lowest BCUT2D eigenvalue weighted by atomic mass is 10.1. The predicted octanol–water partition coefficient (Wildman–Crippen LogP) is 1.20. The molecule has 0 bridgehead atoms. The maximum absolute atomic E-state index is 14.5. The Hall–Kier alpha value is -2.05. The third-order valence-electron chi connectivity index (χ3n) is 3.59. The smallest absolute Gasteiger partial charge is 0.407 e. The highest BCUT2D eigenvalue weighted by atomic mass is 79.9. The quantitative estimate of drug-likeness (QED) is 0.672. The molecule has 2 rings (SSSR count). The van der Waals surface area contributed by atoms with Crippen LogP contribution in [0.4, 0.5) is 20.6 Å². The first-order chi connectivity index (χ1) is 10.4. The van der Waals surface area contributed by atoms with E-state index in [1.807, 2.05) is 0 Å². The van der Waals surface area contributed by atoms with E-state index in [0.29, 0.717) is 4.47 Å². The van der Waals surface area contributed by atoms with Gasteiger partial charge in [-0.25, -0.2) is 9.18 Å². The van der Waals surface area contributed by atoms with E-state index >= 15 is 0 Å². The SMILES string of the molecule is N#Cc1c(N)cc(Br)c(N2CCN(C(=O)O)[C@H](CO)C2)c1F. The number of carboxylic acid groups (broad SMARTS) is 1. The van der Waals surface area contributed by atoms with Crippen LogP contribution in [0.25, 0.3) is 0 Å². The molecule has 1 heterocycles. The molecule has 22 heavy (non-hydrogen) atoms. The number of piperazine rings is 1. The number of nitriles is 1. The molecule has 1 aromatic carbocycles. The Morgan fingerprint density at radius 3 is 2.82 bits per heavy atom. The first kappa shape index (κ1) is 16.3. The number of nitrogen functional groups attached to an aromatic ring is 1. The topological polar surface area (TPSA) is 114 Å². The fraction of sp³-hybridized carbons (Fsp3) is 0.385. The van der Waals surface area contributed by atoms with Crippen molar-refractivity contribution in [3.05, 3.63) is 21.9 Å². The molecule has 0 saturated carbocycles. The van der Waals surface area contributed by atoms with Crippen LogP contribution in [0.3, 0.4) is 0 Å². The average Bonchev–Trinajstić information content (AvgIpc) is 2.46. The maximum Gasteiger partial charge on any atom is 0.407 e. The summed E-state index contributed by atoms with van der Waals surface area (Å²) in [6, 6.07) is 2.49. The summed E-state index contributed by atoms with van der Waals surface area (Å²) in [4.78, 5) is 13.8. The van der Waals surface area contributed by atoms with Gasteiger partial charge in [-0.1, -0.05) is 0 Å². The lowest BCUT2D eigenvalue weighted by molar-refractivity contribution is 0.0909. The van der Waals surface area contributed by atoms with Gasteiger partial charge in [-0.3, -0.25) is 4.90 Å². The van der Waals surface area contributed by atoms with Crippen molar-refractivity contribution in [1.29, 1.82) is 5.26 Å². The number of aliphatic hydroxyl groups excluding tert-OH is 1. The fourth-order valence-corrected chi connectivity index (χ4v) is 3.17. The molecule has 118 valence electrons. The zero-order valence-electron chi connectivity index (χ0n) is 11.5. The average molecular weight is 373 g/mol. The van der Waals surface area contributed by atoms with Gasteiger partial charge in [0, 0.05) is 24.1 Å². The molecule has 0 aliphatic carbocycles. The van der Waals surface area contributed by atoms with Crippen molar-refractivity contribution in [3.8, 4) is 6.07 Å². The van der Waals surface area contributed by atoms with Crippen LogP contribution >= 0.6 is 15.9 Å². The Morgan fingerprint density at radius 2 is 2.27 bits per heavy atom. The first-order valence-corrected chi connectivity index (χ1v) is 7.23. The molecule has 1 aromatic rings. The van der Waals surface area contributed by atoms with Crippen LogP contribution < -0.4 is 10.6 Å². The molecule has 0 radical (unpaired) electrons. The summed E-state index contributed by atoms with van der Waals surface area (Å²) < 4.78 is 14.9. The van der Waals surface area contributed by atoms with E-state index in [9.17, 15) is 14.3 Å². The van der Waals surface area contributed by atoms with Gasteiger partial charge in [-0.2, -0.15) is 5.26 Å². The van der Waals surface area contributed by atoms with Gasteiger partial charge in [0.25, 0.3) is 0 Å². The van der Waals surface area contributed by atoms with Crippen LogP contribution in [-0.4, -0.2) is 53.5 Å². The van der Waals surface area contributed by atoms with Gasteiger partial charge in [-0.05, 0) is 22.0 Å². The Balaban J connectivity index is 2.38. The second-order valence-corrected chi connectivity index (χ2v) is 5.71. The van der Waals surface area contributed by atoms with Gasteiger partial charge in [0.2, 0.25) is 0 Å². The number of aliphatic hydroxyl groups is 1. The van der Waals surface area contributed by atoms with Crippen molar-refractivity contribution in [2.45, 2.75) is 6.04 Å². The Morgan fingerprint density at radius 1 is 1.59 bits per heavy atom. The van der Waals surface area contributed by atoms with E-state index in [4.69, 9.17) is 16.1 Å². The Kier molecular flexibility index (Phi) is 4.73. The van der Waals surface area contributed by atoms with Gasteiger partial charge < -0.3 is 20.8 Å². The van der Waals surface area contributed by atoms with Crippen molar-refractivity contribution in [2.75, 3.05) is 36.9 Å². The number of benzene rings is 1. The zero-order chi connectivity index (χ0) is 16.4. The summed E-state index contributed by atoms with van der Waals surface area (Å²) in [6.07, 6.45) is -1.13. The molecule has 9 heteroatoms. The van der Waals surface area contributed by atoms with E-state index in [-0.39, 0.29) is 43.2 Å². The first-order valence-electron chi connectivity index (χ1n) is 6.43. The summed E-state index contributed by atoms with van der Waals surface area (Å²) >= 11 is 3.22. The highest BCUT2D eigenvalue weighted by Crippen LogP contribution is 2.35. The van der Waals surface area contributed by atoms with Crippen molar-refractivity contribution < 1.29 is 19.4 Å². The zero-order valence-corrected chi connectivity index (χ0v) is 13.0. The molecule has 1 atom stereocenters. The molecular weight excluding hydrogens is 359 g/mol. The van der Waals surface area contributed by atoms with Crippen molar-refractivity contribution in [3.63, 3.8) is 0 Å². The molecular formula is C13H14BrFN4O3. The minimum Gasteiger partial charge on any atom is -0.465 e. The van der Waals surface area contributed by atoms with Gasteiger partial charge in [0.05, 0.1) is 24.0 Å². The number of halogens is 2. The molecule has 0 aromatic heterocycles. The largest absolute Gasteiger partial charge is 0.465 e. The van der Waals surface area contributed by atoms with Crippen molar-refractivity contribution in [2.24, 2.45) is 0 Å². The molecule has 1 fully saturated rings. The Bertz CT molecular complexity index is 649. The molecule has 4 N–H and O–H groups in total. The van der Waals surface area contributed by atoms with Gasteiger partial charge in [0.1, 0.15) is 11.6 Å². The Labute approximate surface area is 134 Å². The normalized spacial score (nSPS) is 18.2. The van der Waals surface area contributed by atoms with Crippen LogP contribution in [-0.2, 0) is 0 Å². The van der Waals surface area contributed by atoms with Gasteiger partial charge in [0.15, 0.2) is 5.82 Å². The van der Waals surface area contributed by atoms with Crippen LogP contribution in [0.5, 0.6) is 0 Å². The van der Waals surface area contributed by atoms with Crippen LogP contribution in [0.15, 0.2) is 10.5 Å². The third kappa shape index (κ3) is 2.80. The summed E-state index contributed by atoms with van der Waals surface area (Å²) in [5.41, 5.74) is 5.53. The second kappa shape index (κ2) is 6.37. The predicted molar refractivity (Wildman–Crippen MR) is 81.0 cm³/mol. The van der Waals surface area contributed by atoms with E-state index in [1.54, 1.807) is 11.0 Å². The number of hydrogen-bond donors (Lipinski definition) is 3. The molecule has 0 spiro atoms. The number of hydrogen-bond acceptors (Lipinski definition) is 5. The number of carbonyl (C=O) groups is 1. The highest BCUT2D eigenvalue weighted by Gasteiger charge is 2.32. The summed E-state index contributed by atoms with van der Waals surface area (Å²) in [5, 5.41) is 27.4. The molecule has 1 aliphatic rings. The molecule has 1 amide bonds. The fourth-order valence-electron chi connectivity index (χ4n) is 2.50. The lowest BCUT2D eigenvalue weighted by Gasteiger charge is -2.40. The standard InChI is InChI=1S/C13H14BrFN4O3/c14-9-3-10(17)8(4-16)11(15)12(9)18-1-2-19(13(21)22)7(5-18)6-20/h3,7,20H,1-2,5-6,17H2,(H,21,22)/t7-/m0/s1. The second-order valence-electron chi connectivity index (χ2n) is 4.86. The number of anilines is 2. The van der Waals surface area contributed by atoms with E-state index in [0.717, 1.165) is 4.90 Å². The summed E-state index contributed by atoms with van der Waals surface area (Å²) in [7, 11) is 0. The maximum atomic E-state index is 14.5. The minimum absolute atomic E-state index is 0.0264. The van der Waals surface area contributed by atoms with Gasteiger partial charge in [-0.15, -0.1) is 0 Å². The number of rotatable bonds is 2. The number of nitrogens with two attached hydrogens (primary N) is 1. The van der Waals surface area contributed by atoms with Crippen LogP contribution in [0.2, 0.25) is 0 Å². The minimum atomic E-state index is -1.13. The van der Waals surface area contributed by atoms with Crippen molar-refractivity contribution >= 4 is 33.4 Å². The monoisotopic (exact) mass is 372 g/mol. The van der Waals surface area contributed by atoms with E-state index in [1.165, 1.54) is 6.07 Å². The molecule has 0 unspecified atom stereocenters.